The lowest BCUT2D eigenvalue weighted by Crippen LogP contribution is -2.09. The van der Waals surface area contributed by atoms with Gasteiger partial charge in [-0.3, -0.25) is 0 Å². The maximum atomic E-state index is 11.4. The van der Waals surface area contributed by atoms with Crippen LogP contribution in [0.5, 0.6) is 5.75 Å². The summed E-state index contributed by atoms with van der Waals surface area (Å²) < 4.78 is 28.9. The van der Waals surface area contributed by atoms with Crippen molar-refractivity contribution in [3.05, 3.63) is 28.2 Å². The maximum Gasteiger partial charge on any atom is 0.150 e. The standard InChI is InChI=1S/C12H17BrO3S/c1-3-17(14,15)8-4-5-10-6-7-11(13)9-12(10)16-2/h6-7,9H,3-5,8H2,1-2H3. The molecule has 1 aromatic carbocycles. The molecule has 0 unspecified atom stereocenters. The molecule has 0 aromatic heterocycles. The van der Waals surface area contributed by atoms with E-state index in [-0.39, 0.29) is 11.5 Å². The number of hydrogen-bond acceptors (Lipinski definition) is 3. The van der Waals surface area contributed by atoms with Crippen molar-refractivity contribution in [1.29, 1.82) is 0 Å². The van der Waals surface area contributed by atoms with Crippen molar-refractivity contribution >= 4 is 25.8 Å². The van der Waals surface area contributed by atoms with E-state index >= 15 is 0 Å². The summed E-state index contributed by atoms with van der Waals surface area (Å²) in [5, 5.41) is 0. The highest BCUT2D eigenvalue weighted by Gasteiger charge is 2.09. The van der Waals surface area contributed by atoms with E-state index in [0.29, 0.717) is 6.42 Å². The quantitative estimate of drug-likeness (QED) is 0.809. The van der Waals surface area contributed by atoms with Gasteiger partial charge in [-0.2, -0.15) is 0 Å². The van der Waals surface area contributed by atoms with Gasteiger partial charge >= 0.3 is 0 Å². The summed E-state index contributed by atoms with van der Waals surface area (Å²) in [5.74, 6) is 1.25. The fraction of sp³-hybridized carbons (Fsp3) is 0.500. The lowest BCUT2D eigenvalue weighted by molar-refractivity contribution is 0.409. The number of aryl methyl sites for hydroxylation is 1. The van der Waals surface area contributed by atoms with Crippen molar-refractivity contribution in [3.8, 4) is 5.75 Å². The first-order chi connectivity index (χ1) is 7.98. The van der Waals surface area contributed by atoms with E-state index in [9.17, 15) is 8.42 Å². The van der Waals surface area contributed by atoms with Crippen molar-refractivity contribution in [1.82, 2.24) is 0 Å². The second-order valence-electron chi connectivity index (χ2n) is 3.80. The Bertz CT molecular complexity index is 469. The molecule has 3 nitrogen and oxygen atoms in total. The fourth-order valence-electron chi connectivity index (χ4n) is 1.55. The van der Waals surface area contributed by atoms with Crippen LogP contribution in [0.15, 0.2) is 22.7 Å². The van der Waals surface area contributed by atoms with Crippen molar-refractivity contribution in [2.24, 2.45) is 0 Å². The van der Waals surface area contributed by atoms with Crippen LogP contribution in [0, 0.1) is 0 Å². The summed E-state index contributed by atoms with van der Waals surface area (Å²) in [4.78, 5) is 0. The van der Waals surface area contributed by atoms with Gasteiger partial charge in [0.05, 0.1) is 12.9 Å². The van der Waals surface area contributed by atoms with Gasteiger partial charge in [-0.15, -0.1) is 0 Å². The van der Waals surface area contributed by atoms with E-state index in [1.807, 2.05) is 18.2 Å². The Morgan fingerprint density at radius 1 is 1.35 bits per heavy atom. The van der Waals surface area contributed by atoms with E-state index in [1.165, 1.54) is 0 Å². The zero-order valence-corrected chi connectivity index (χ0v) is 12.5. The molecular weight excluding hydrogens is 304 g/mol. The lowest BCUT2D eigenvalue weighted by Gasteiger charge is -2.08. The zero-order chi connectivity index (χ0) is 12.9. The van der Waals surface area contributed by atoms with Gasteiger partial charge in [0, 0.05) is 10.2 Å². The first-order valence-electron chi connectivity index (χ1n) is 5.51. The molecule has 0 aliphatic heterocycles. The second-order valence-corrected chi connectivity index (χ2v) is 7.18. The van der Waals surface area contributed by atoms with Gasteiger partial charge in [-0.25, -0.2) is 8.42 Å². The van der Waals surface area contributed by atoms with Crippen LogP contribution in [0.25, 0.3) is 0 Å². The molecule has 0 saturated heterocycles. The van der Waals surface area contributed by atoms with Gasteiger partial charge in [0.25, 0.3) is 0 Å². The summed E-state index contributed by atoms with van der Waals surface area (Å²) in [6, 6.07) is 5.79. The number of hydrogen-bond donors (Lipinski definition) is 0. The first-order valence-corrected chi connectivity index (χ1v) is 8.13. The van der Waals surface area contributed by atoms with Crippen molar-refractivity contribution in [3.63, 3.8) is 0 Å². The molecule has 0 atom stereocenters. The number of ether oxygens (including phenoxy) is 1. The van der Waals surface area contributed by atoms with Crippen LogP contribution in [0.4, 0.5) is 0 Å². The molecule has 0 bridgehead atoms. The monoisotopic (exact) mass is 320 g/mol. The largest absolute Gasteiger partial charge is 0.496 e. The smallest absolute Gasteiger partial charge is 0.150 e. The molecule has 0 heterocycles. The van der Waals surface area contributed by atoms with Crippen molar-refractivity contribution < 1.29 is 13.2 Å². The summed E-state index contributed by atoms with van der Waals surface area (Å²) in [6.07, 6.45) is 1.35. The third-order valence-corrected chi connectivity index (χ3v) is 4.87. The number of methoxy groups -OCH3 is 1. The summed E-state index contributed by atoms with van der Waals surface area (Å²) in [7, 11) is -1.25. The van der Waals surface area contributed by atoms with Gasteiger partial charge < -0.3 is 4.74 Å². The second kappa shape index (κ2) is 6.40. The molecule has 1 aromatic rings. The van der Waals surface area contributed by atoms with E-state index < -0.39 is 9.84 Å². The Morgan fingerprint density at radius 3 is 2.65 bits per heavy atom. The number of sulfone groups is 1. The molecule has 96 valence electrons. The van der Waals surface area contributed by atoms with Crippen LogP contribution < -0.4 is 4.74 Å². The normalized spacial score (nSPS) is 11.5. The van der Waals surface area contributed by atoms with Crippen LogP contribution in [0.3, 0.4) is 0 Å². The molecule has 1 rings (SSSR count). The molecule has 0 aliphatic rings. The third kappa shape index (κ3) is 4.68. The lowest BCUT2D eigenvalue weighted by atomic mass is 10.1. The Balaban J connectivity index is 2.64. The topological polar surface area (TPSA) is 43.4 Å². The highest BCUT2D eigenvalue weighted by atomic mass is 79.9. The van der Waals surface area contributed by atoms with Crippen LogP contribution in [-0.4, -0.2) is 27.0 Å². The molecule has 0 saturated carbocycles. The molecule has 5 heteroatoms. The minimum atomic E-state index is -2.87. The van der Waals surface area contributed by atoms with Crippen LogP contribution in [-0.2, 0) is 16.3 Å². The van der Waals surface area contributed by atoms with Gasteiger partial charge in [0.2, 0.25) is 0 Å². The molecule has 0 N–H and O–H groups in total. The Kier molecular flexibility index (Phi) is 5.46. The minimum Gasteiger partial charge on any atom is -0.496 e. The van der Waals surface area contributed by atoms with E-state index in [1.54, 1.807) is 14.0 Å². The van der Waals surface area contributed by atoms with Crippen LogP contribution in [0.2, 0.25) is 0 Å². The van der Waals surface area contributed by atoms with Gasteiger partial charge in [-0.1, -0.05) is 28.9 Å². The molecule has 17 heavy (non-hydrogen) atoms. The number of benzene rings is 1. The number of halogens is 1. The molecular formula is C12H17BrO3S. The average Bonchev–Trinajstić information content (AvgIpc) is 2.30. The summed E-state index contributed by atoms with van der Waals surface area (Å²) >= 11 is 3.37. The molecule has 0 spiro atoms. The fourth-order valence-corrected chi connectivity index (χ4v) is 2.76. The molecule has 0 fully saturated rings. The summed E-state index contributed by atoms with van der Waals surface area (Å²) in [5.41, 5.74) is 1.04. The molecule has 0 radical (unpaired) electrons. The Labute approximate surface area is 111 Å². The molecule has 0 amide bonds. The minimum absolute atomic E-state index is 0.213. The zero-order valence-electron chi connectivity index (χ0n) is 10.1. The highest BCUT2D eigenvalue weighted by Crippen LogP contribution is 2.24. The average molecular weight is 321 g/mol. The van der Waals surface area contributed by atoms with E-state index in [4.69, 9.17) is 4.74 Å². The van der Waals surface area contributed by atoms with Gasteiger partial charge in [0.1, 0.15) is 15.6 Å². The van der Waals surface area contributed by atoms with Gasteiger partial charge in [0.15, 0.2) is 0 Å². The first kappa shape index (κ1) is 14.5. The maximum absolute atomic E-state index is 11.4. The number of rotatable bonds is 6. The SMILES string of the molecule is CCS(=O)(=O)CCCc1ccc(Br)cc1OC. The third-order valence-electron chi connectivity index (χ3n) is 2.59. The predicted octanol–water partition coefficient (Wildman–Crippen LogP) is 2.83. The van der Waals surface area contributed by atoms with Crippen molar-refractivity contribution in [2.45, 2.75) is 19.8 Å². The Hall–Kier alpha value is -0.550. The van der Waals surface area contributed by atoms with Gasteiger partial charge in [-0.05, 0) is 30.5 Å². The van der Waals surface area contributed by atoms with E-state index in [2.05, 4.69) is 15.9 Å². The Morgan fingerprint density at radius 2 is 2.06 bits per heavy atom. The van der Waals surface area contributed by atoms with E-state index in [0.717, 1.165) is 22.2 Å². The van der Waals surface area contributed by atoms with Crippen molar-refractivity contribution in [2.75, 3.05) is 18.6 Å². The van der Waals surface area contributed by atoms with Crippen LogP contribution in [0.1, 0.15) is 18.9 Å². The molecule has 0 aliphatic carbocycles. The summed E-state index contributed by atoms with van der Waals surface area (Å²) in [6.45, 7) is 1.68. The predicted molar refractivity (Wildman–Crippen MR) is 73.3 cm³/mol. The highest BCUT2D eigenvalue weighted by molar-refractivity contribution is 9.10. The van der Waals surface area contributed by atoms with Crippen LogP contribution >= 0.6 is 15.9 Å².